The third-order valence-electron chi connectivity index (χ3n) is 5.64. The van der Waals surface area contributed by atoms with E-state index in [-0.39, 0.29) is 5.91 Å². The summed E-state index contributed by atoms with van der Waals surface area (Å²) in [5.41, 5.74) is 2.89. The van der Waals surface area contributed by atoms with Gasteiger partial charge in [-0.05, 0) is 67.6 Å². The van der Waals surface area contributed by atoms with Crippen molar-refractivity contribution in [3.63, 3.8) is 0 Å². The zero-order valence-electron chi connectivity index (χ0n) is 15.9. The molecule has 1 amide bonds. The van der Waals surface area contributed by atoms with Crippen LogP contribution < -0.4 is 5.32 Å². The van der Waals surface area contributed by atoms with Gasteiger partial charge in [-0.25, -0.2) is 0 Å². The van der Waals surface area contributed by atoms with Crippen LogP contribution in [0.2, 0.25) is 0 Å². The largest absolute Gasteiger partial charge is 0.353 e. The van der Waals surface area contributed by atoms with E-state index in [1.807, 2.05) is 0 Å². The summed E-state index contributed by atoms with van der Waals surface area (Å²) in [5, 5.41) is 2.83. The van der Waals surface area contributed by atoms with E-state index in [9.17, 15) is 4.79 Å². The van der Waals surface area contributed by atoms with E-state index in [0.29, 0.717) is 6.54 Å². The highest BCUT2D eigenvalue weighted by Crippen LogP contribution is 2.37. The first kappa shape index (κ1) is 19.8. The fourth-order valence-corrected chi connectivity index (χ4v) is 4.00. The number of unbranched alkanes of at least 4 members (excludes halogenated alkanes) is 2. The molecule has 1 fully saturated rings. The number of aryl methyl sites for hydroxylation is 1. The zero-order valence-corrected chi connectivity index (χ0v) is 15.9. The minimum atomic E-state index is -0.0827. The lowest BCUT2D eigenvalue weighted by Crippen LogP contribution is -2.22. The topological polar surface area (TPSA) is 29.1 Å². The lowest BCUT2D eigenvalue weighted by molar-refractivity contribution is -0.116. The van der Waals surface area contributed by atoms with Gasteiger partial charge >= 0.3 is 0 Å². The van der Waals surface area contributed by atoms with Gasteiger partial charge in [0.1, 0.15) is 0 Å². The first-order chi connectivity index (χ1) is 12.2. The molecule has 1 aliphatic carbocycles. The molecule has 138 valence electrons. The van der Waals surface area contributed by atoms with Gasteiger partial charge in [0.05, 0.1) is 0 Å². The summed E-state index contributed by atoms with van der Waals surface area (Å²) in [7, 11) is 0. The summed E-state index contributed by atoms with van der Waals surface area (Å²) in [6.45, 7) is 6.47. The number of hydrogen-bond donors (Lipinski definition) is 1. The Morgan fingerprint density at radius 1 is 1.12 bits per heavy atom. The van der Waals surface area contributed by atoms with Crippen LogP contribution >= 0.6 is 0 Å². The Morgan fingerprint density at radius 2 is 1.84 bits per heavy atom. The van der Waals surface area contributed by atoms with E-state index in [1.165, 1.54) is 68.6 Å². The van der Waals surface area contributed by atoms with Gasteiger partial charge in [-0.2, -0.15) is 0 Å². The van der Waals surface area contributed by atoms with E-state index in [2.05, 4.69) is 43.1 Å². The van der Waals surface area contributed by atoms with Gasteiger partial charge in [0.25, 0.3) is 0 Å². The van der Waals surface area contributed by atoms with Crippen LogP contribution in [0.25, 0.3) is 0 Å². The number of carbonyl (C=O) groups excluding carboxylic acids is 1. The number of nitrogens with one attached hydrogen (secondary N) is 1. The number of rotatable bonds is 10. The molecule has 0 unspecified atom stereocenters. The molecule has 1 aliphatic rings. The summed E-state index contributed by atoms with van der Waals surface area (Å²) < 4.78 is 0. The lowest BCUT2D eigenvalue weighted by atomic mass is 9.77. The van der Waals surface area contributed by atoms with E-state index in [4.69, 9.17) is 0 Å². The van der Waals surface area contributed by atoms with Crippen LogP contribution in [0.5, 0.6) is 0 Å². The number of benzene rings is 1. The van der Waals surface area contributed by atoms with Gasteiger partial charge in [0, 0.05) is 6.54 Å². The van der Waals surface area contributed by atoms with Crippen LogP contribution in [0.1, 0.15) is 81.8 Å². The number of hydrogen-bond acceptors (Lipinski definition) is 1. The Kier molecular flexibility index (Phi) is 8.79. The van der Waals surface area contributed by atoms with Crippen LogP contribution in [-0.4, -0.2) is 12.5 Å². The van der Waals surface area contributed by atoms with E-state index in [0.717, 1.165) is 24.7 Å². The second kappa shape index (κ2) is 11.1. The Labute approximate surface area is 154 Å². The molecule has 25 heavy (non-hydrogen) atoms. The molecule has 0 saturated heterocycles. The highest BCUT2D eigenvalue weighted by atomic mass is 16.1. The van der Waals surface area contributed by atoms with Crippen LogP contribution in [0.4, 0.5) is 0 Å². The van der Waals surface area contributed by atoms with Gasteiger partial charge in [-0.3, -0.25) is 4.79 Å². The molecule has 2 nitrogen and oxygen atoms in total. The SMILES string of the molecule is C=CC(=O)NCCCc1ccc(C2CCC(CCCCC)CC2)cc1. The average molecular weight is 342 g/mol. The molecule has 1 aromatic rings. The molecule has 0 spiro atoms. The standard InChI is InChI=1S/C23H35NO/c1-3-5-6-8-19-10-14-21(15-11-19)22-16-12-20(13-17-22)9-7-18-24-23(25)4-2/h4,12-13,16-17,19,21H,2-3,5-11,14-15,18H2,1H3,(H,24,25). The third-order valence-corrected chi connectivity index (χ3v) is 5.64. The highest BCUT2D eigenvalue weighted by Gasteiger charge is 2.21. The average Bonchev–Trinajstić information content (AvgIpc) is 2.66. The molecule has 1 saturated carbocycles. The van der Waals surface area contributed by atoms with Crippen molar-refractivity contribution in [2.75, 3.05) is 6.54 Å². The summed E-state index contributed by atoms with van der Waals surface area (Å²) >= 11 is 0. The number of amides is 1. The molecule has 0 aliphatic heterocycles. The van der Waals surface area contributed by atoms with Gasteiger partial charge < -0.3 is 5.32 Å². The molecule has 2 rings (SSSR count). The van der Waals surface area contributed by atoms with Crippen molar-refractivity contribution < 1.29 is 4.79 Å². The smallest absolute Gasteiger partial charge is 0.243 e. The molecule has 0 aromatic heterocycles. The predicted octanol–water partition coefficient (Wildman–Crippen LogP) is 5.78. The van der Waals surface area contributed by atoms with Crippen LogP contribution in [0.15, 0.2) is 36.9 Å². The normalized spacial score (nSPS) is 20.2. The fraction of sp³-hybridized carbons (Fsp3) is 0.609. The molecule has 0 atom stereocenters. The van der Waals surface area contributed by atoms with Crippen molar-refractivity contribution in [2.24, 2.45) is 5.92 Å². The van der Waals surface area contributed by atoms with Crippen molar-refractivity contribution in [1.82, 2.24) is 5.32 Å². The Balaban J connectivity index is 1.69. The van der Waals surface area contributed by atoms with Crippen molar-refractivity contribution >= 4 is 5.91 Å². The van der Waals surface area contributed by atoms with E-state index < -0.39 is 0 Å². The van der Waals surface area contributed by atoms with Crippen LogP contribution in [0.3, 0.4) is 0 Å². The second-order valence-electron chi connectivity index (χ2n) is 7.55. The van der Waals surface area contributed by atoms with Gasteiger partial charge in [-0.15, -0.1) is 0 Å². The minimum absolute atomic E-state index is 0.0827. The lowest BCUT2D eigenvalue weighted by Gasteiger charge is -2.29. The highest BCUT2D eigenvalue weighted by molar-refractivity contribution is 5.86. The Hall–Kier alpha value is -1.57. The van der Waals surface area contributed by atoms with Gasteiger partial charge in [-0.1, -0.05) is 63.5 Å². The molecule has 1 aromatic carbocycles. The fourth-order valence-electron chi connectivity index (χ4n) is 4.00. The van der Waals surface area contributed by atoms with Gasteiger partial charge in [0.15, 0.2) is 0 Å². The van der Waals surface area contributed by atoms with E-state index in [1.54, 1.807) is 0 Å². The first-order valence-electron chi connectivity index (χ1n) is 10.2. The predicted molar refractivity (Wildman–Crippen MR) is 107 cm³/mol. The molecule has 2 heteroatoms. The molecule has 0 heterocycles. The number of carbonyl (C=O) groups is 1. The first-order valence-corrected chi connectivity index (χ1v) is 10.2. The summed E-state index contributed by atoms with van der Waals surface area (Å²) in [6.07, 6.45) is 14.5. The minimum Gasteiger partial charge on any atom is -0.353 e. The van der Waals surface area contributed by atoms with Crippen molar-refractivity contribution in [3.8, 4) is 0 Å². The quantitative estimate of drug-likeness (QED) is 0.424. The maximum absolute atomic E-state index is 11.1. The summed E-state index contributed by atoms with van der Waals surface area (Å²) in [4.78, 5) is 11.1. The third kappa shape index (κ3) is 7.05. The monoisotopic (exact) mass is 341 g/mol. The van der Waals surface area contributed by atoms with Crippen molar-refractivity contribution in [3.05, 3.63) is 48.0 Å². The Bertz CT molecular complexity index is 511. The molecular weight excluding hydrogens is 306 g/mol. The Morgan fingerprint density at radius 3 is 2.48 bits per heavy atom. The molecule has 1 N–H and O–H groups in total. The van der Waals surface area contributed by atoms with Crippen LogP contribution in [0, 0.1) is 5.92 Å². The molecule has 0 bridgehead atoms. The summed E-state index contributed by atoms with van der Waals surface area (Å²) in [5.74, 6) is 1.66. The molecule has 0 radical (unpaired) electrons. The molecular formula is C23H35NO. The van der Waals surface area contributed by atoms with Crippen molar-refractivity contribution in [1.29, 1.82) is 0 Å². The van der Waals surface area contributed by atoms with Crippen LogP contribution in [-0.2, 0) is 11.2 Å². The summed E-state index contributed by atoms with van der Waals surface area (Å²) in [6, 6.07) is 9.22. The zero-order chi connectivity index (χ0) is 17.9. The van der Waals surface area contributed by atoms with E-state index >= 15 is 0 Å². The van der Waals surface area contributed by atoms with Gasteiger partial charge in [0.2, 0.25) is 5.91 Å². The maximum Gasteiger partial charge on any atom is 0.243 e. The second-order valence-corrected chi connectivity index (χ2v) is 7.55. The van der Waals surface area contributed by atoms with Crippen molar-refractivity contribution in [2.45, 2.75) is 77.0 Å². The maximum atomic E-state index is 11.1.